The highest BCUT2D eigenvalue weighted by molar-refractivity contribution is 5.87. The Bertz CT molecular complexity index is 1280. The minimum absolute atomic E-state index is 0.0129. The number of nitrogens with two attached hydrogens (primary N) is 1. The lowest BCUT2D eigenvalue weighted by Crippen LogP contribution is -2.44. The number of methoxy groups -OCH3 is 1. The van der Waals surface area contributed by atoms with Gasteiger partial charge in [-0.1, -0.05) is 6.92 Å². The zero-order valence-electron chi connectivity index (χ0n) is 22.3. The van der Waals surface area contributed by atoms with Gasteiger partial charge < -0.3 is 35.6 Å². The SMILES string of the molecule is COC(=O)CC(C)C(=O)N[C@@H](Cc1cnc[nH]1)C(=O)O.NC(Cc1cnc[nH]1)C(=O)OCc1ccc([N+](=O)[O-])cc1. The number of carboxylic acid groups (broad SMARTS) is 1. The number of nitrogens with zero attached hydrogens (tertiary/aromatic N) is 3. The summed E-state index contributed by atoms with van der Waals surface area (Å²) < 4.78 is 9.53. The van der Waals surface area contributed by atoms with Crippen LogP contribution in [0, 0.1) is 16.0 Å². The number of nitro benzene ring substituents is 1. The van der Waals surface area contributed by atoms with E-state index in [-0.39, 0.29) is 25.1 Å². The minimum Gasteiger partial charge on any atom is -0.480 e. The lowest BCUT2D eigenvalue weighted by Gasteiger charge is -2.16. The van der Waals surface area contributed by atoms with E-state index in [1.165, 1.54) is 57.2 Å². The normalized spacial score (nSPS) is 12.6. The zero-order valence-corrected chi connectivity index (χ0v) is 22.3. The van der Waals surface area contributed by atoms with Crippen molar-refractivity contribution in [1.29, 1.82) is 0 Å². The lowest BCUT2D eigenvalue weighted by molar-refractivity contribution is -0.384. The highest BCUT2D eigenvalue weighted by atomic mass is 16.6. The van der Waals surface area contributed by atoms with E-state index >= 15 is 0 Å². The zero-order chi connectivity index (χ0) is 30.4. The number of benzene rings is 1. The lowest BCUT2D eigenvalue weighted by atomic mass is 10.1. The molecule has 0 saturated heterocycles. The fourth-order valence-corrected chi connectivity index (χ4v) is 3.25. The molecule has 2 heterocycles. The molecule has 2 unspecified atom stereocenters. The summed E-state index contributed by atoms with van der Waals surface area (Å²) in [6.45, 7) is 1.55. The molecule has 0 aliphatic heterocycles. The molecular formula is C25H31N7O9. The first-order chi connectivity index (χ1) is 19.5. The average molecular weight is 574 g/mol. The first kappa shape index (κ1) is 32.1. The Hall–Kier alpha value is -5.12. The van der Waals surface area contributed by atoms with E-state index in [0.29, 0.717) is 17.7 Å². The van der Waals surface area contributed by atoms with Crippen LogP contribution in [-0.2, 0) is 48.1 Å². The predicted molar refractivity (Wildman–Crippen MR) is 141 cm³/mol. The topological polar surface area (TPSA) is 246 Å². The molecule has 16 heteroatoms. The number of aromatic nitrogens is 4. The summed E-state index contributed by atoms with van der Waals surface area (Å²) in [6.07, 6.45) is 6.30. The van der Waals surface area contributed by atoms with E-state index in [2.05, 4.69) is 30.0 Å². The van der Waals surface area contributed by atoms with Gasteiger partial charge >= 0.3 is 17.9 Å². The van der Waals surface area contributed by atoms with Crippen LogP contribution >= 0.6 is 0 Å². The standard InChI is InChI=1S/C13H14N4O4.C12H17N3O5/c14-12(5-10-6-15-8-16-10)13(18)21-7-9-1-3-11(4-2-9)17(19)20;1-7(3-10(16)20-2)11(17)15-9(12(18)19)4-8-5-13-6-14-8/h1-4,6,8,12H,5,7,14H2,(H,15,16);5-7,9H,3-4H2,1-2H3,(H,13,14)(H,15,17)(H,18,19)/t;7?,9-/m.0/s1. The van der Waals surface area contributed by atoms with Gasteiger partial charge in [-0.25, -0.2) is 14.8 Å². The second-order valence-electron chi connectivity index (χ2n) is 8.78. The Labute approximate surface area is 233 Å². The monoisotopic (exact) mass is 573 g/mol. The molecule has 0 bridgehead atoms. The van der Waals surface area contributed by atoms with Crippen LogP contribution in [0.2, 0.25) is 0 Å². The Morgan fingerprint density at radius 2 is 1.66 bits per heavy atom. The van der Waals surface area contributed by atoms with Crippen molar-refractivity contribution >= 4 is 29.5 Å². The number of carbonyl (C=O) groups is 4. The van der Waals surface area contributed by atoms with Gasteiger partial charge in [0.15, 0.2) is 0 Å². The summed E-state index contributed by atoms with van der Waals surface area (Å²) in [5, 5.41) is 22.0. The van der Waals surface area contributed by atoms with E-state index in [0.717, 1.165) is 5.69 Å². The maximum absolute atomic E-state index is 11.8. The van der Waals surface area contributed by atoms with Gasteiger partial charge in [0.1, 0.15) is 18.7 Å². The van der Waals surface area contributed by atoms with Gasteiger partial charge in [-0.05, 0) is 17.7 Å². The van der Waals surface area contributed by atoms with Gasteiger partial charge in [-0.3, -0.25) is 24.5 Å². The third kappa shape index (κ3) is 11.3. The van der Waals surface area contributed by atoms with Gasteiger partial charge in [0.25, 0.3) is 5.69 Å². The smallest absolute Gasteiger partial charge is 0.326 e. The Balaban J connectivity index is 0.000000287. The number of nitro groups is 1. The molecule has 0 fully saturated rings. The van der Waals surface area contributed by atoms with Crippen LogP contribution in [-0.4, -0.2) is 73.0 Å². The van der Waals surface area contributed by atoms with Crippen molar-refractivity contribution in [2.75, 3.05) is 7.11 Å². The summed E-state index contributed by atoms with van der Waals surface area (Å²) in [4.78, 5) is 69.0. The number of rotatable bonds is 13. The molecule has 0 radical (unpaired) electrons. The van der Waals surface area contributed by atoms with E-state index in [1.54, 1.807) is 6.20 Å². The largest absolute Gasteiger partial charge is 0.480 e. The number of amides is 1. The molecule has 3 rings (SSSR count). The molecule has 0 aliphatic carbocycles. The molecular weight excluding hydrogens is 542 g/mol. The van der Waals surface area contributed by atoms with Gasteiger partial charge in [0.05, 0.1) is 31.1 Å². The fourth-order valence-electron chi connectivity index (χ4n) is 3.25. The number of hydrogen-bond acceptors (Lipinski definition) is 11. The first-order valence-electron chi connectivity index (χ1n) is 12.2. The number of carboxylic acids is 1. The molecule has 0 saturated carbocycles. The molecule has 16 nitrogen and oxygen atoms in total. The van der Waals surface area contributed by atoms with Crippen LogP contribution in [0.4, 0.5) is 5.69 Å². The third-order valence-corrected chi connectivity index (χ3v) is 5.57. The molecule has 0 spiro atoms. The Morgan fingerprint density at radius 1 is 1.07 bits per heavy atom. The number of H-pyrrole nitrogens is 2. The van der Waals surface area contributed by atoms with Crippen molar-refractivity contribution < 1.29 is 38.7 Å². The van der Waals surface area contributed by atoms with E-state index < -0.39 is 46.7 Å². The van der Waals surface area contributed by atoms with E-state index in [1.807, 2.05) is 0 Å². The molecule has 1 amide bonds. The maximum atomic E-state index is 11.8. The van der Waals surface area contributed by atoms with Crippen LogP contribution in [0.1, 0.15) is 30.3 Å². The van der Waals surface area contributed by atoms with Crippen molar-refractivity contribution in [3.8, 4) is 0 Å². The van der Waals surface area contributed by atoms with Crippen molar-refractivity contribution in [2.45, 2.75) is 44.9 Å². The fraction of sp³-hybridized carbons (Fsp3) is 0.360. The average Bonchev–Trinajstić information content (AvgIpc) is 3.66. The van der Waals surface area contributed by atoms with Crippen LogP contribution in [0.5, 0.6) is 0 Å². The van der Waals surface area contributed by atoms with Crippen molar-refractivity contribution in [1.82, 2.24) is 25.3 Å². The molecule has 3 aromatic rings. The molecule has 6 N–H and O–H groups in total. The van der Waals surface area contributed by atoms with Crippen molar-refractivity contribution in [3.05, 3.63) is 76.4 Å². The first-order valence-corrected chi connectivity index (χ1v) is 12.2. The van der Waals surface area contributed by atoms with Crippen LogP contribution in [0.3, 0.4) is 0 Å². The maximum Gasteiger partial charge on any atom is 0.326 e. The number of ether oxygens (including phenoxy) is 2. The molecule has 1 aromatic carbocycles. The molecule has 41 heavy (non-hydrogen) atoms. The number of imidazole rings is 2. The Kier molecular flexibility index (Phi) is 12.6. The number of aliphatic carboxylic acids is 1. The number of non-ortho nitro benzene ring substituents is 1. The quantitative estimate of drug-likeness (QED) is 0.107. The van der Waals surface area contributed by atoms with Crippen LogP contribution in [0.25, 0.3) is 0 Å². The van der Waals surface area contributed by atoms with Crippen molar-refractivity contribution in [3.63, 3.8) is 0 Å². The molecule has 220 valence electrons. The summed E-state index contributed by atoms with van der Waals surface area (Å²) in [5.41, 5.74) is 7.71. The highest BCUT2D eigenvalue weighted by Crippen LogP contribution is 2.13. The molecule has 0 aliphatic rings. The summed E-state index contributed by atoms with van der Waals surface area (Å²) in [6, 6.07) is 3.91. The highest BCUT2D eigenvalue weighted by Gasteiger charge is 2.25. The van der Waals surface area contributed by atoms with Crippen LogP contribution < -0.4 is 11.1 Å². The third-order valence-electron chi connectivity index (χ3n) is 5.57. The summed E-state index contributed by atoms with van der Waals surface area (Å²) in [7, 11) is 1.23. The van der Waals surface area contributed by atoms with E-state index in [4.69, 9.17) is 15.6 Å². The van der Waals surface area contributed by atoms with E-state index in [9.17, 15) is 29.3 Å². The van der Waals surface area contributed by atoms with Gasteiger partial charge in [0, 0.05) is 54.7 Å². The van der Waals surface area contributed by atoms with Crippen molar-refractivity contribution in [2.24, 2.45) is 11.7 Å². The van der Waals surface area contributed by atoms with Gasteiger partial charge in [-0.15, -0.1) is 0 Å². The van der Waals surface area contributed by atoms with Gasteiger partial charge in [-0.2, -0.15) is 0 Å². The number of hydrogen-bond donors (Lipinski definition) is 5. The molecule has 2 aromatic heterocycles. The number of carbonyl (C=O) groups excluding carboxylic acids is 3. The second-order valence-corrected chi connectivity index (χ2v) is 8.78. The number of esters is 2. The molecule has 3 atom stereocenters. The van der Waals surface area contributed by atoms with Gasteiger partial charge in [0.2, 0.25) is 5.91 Å². The number of nitrogens with one attached hydrogen (secondary N) is 3. The Morgan fingerprint density at radius 3 is 2.15 bits per heavy atom. The summed E-state index contributed by atoms with van der Waals surface area (Å²) >= 11 is 0. The number of aromatic amines is 2. The predicted octanol–water partition coefficient (Wildman–Crippen LogP) is 0.652. The second kappa shape index (κ2) is 16.1. The minimum atomic E-state index is -1.15. The summed E-state index contributed by atoms with van der Waals surface area (Å²) in [5.74, 6) is -3.39. The van der Waals surface area contributed by atoms with Crippen LogP contribution in [0.15, 0.2) is 49.3 Å².